The number of rotatable bonds is 7. The predicted octanol–water partition coefficient (Wildman–Crippen LogP) is 5.61. The summed E-state index contributed by atoms with van der Waals surface area (Å²) in [4.78, 5) is 12.8. The molecular weight excluding hydrogens is 420 g/mol. The van der Waals surface area contributed by atoms with Crippen molar-refractivity contribution in [2.24, 2.45) is 0 Å². The normalized spacial score (nSPS) is 11.5. The van der Waals surface area contributed by atoms with E-state index in [9.17, 15) is 4.79 Å². The quantitative estimate of drug-likeness (QED) is 0.373. The number of anilines is 1. The van der Waals surface area contributed by atoms with E-state index in [0.29, 0.717) is 11.7 Å². The molecule has 0 radical (unpaired) electrons. The monoisotopic (exact) mass is 446 g/mol. The summed E-state index contributed by atoms with van der Waals surface area (Å²) in [6.45, 7) is 6.89. The molecule has 0 atom stereocenters. The van der Waals surface area contributed by atoms with Crippen molar-refractivity contribution >= 4 is 23.4 Å². The number of para-hydroxylation sites is 1. The zero-order chi connectivity index (χ0) is 22.6. The summed E-state index contributed by atoms with van der Waals surface area (Å²) < 4.78 is 7.52. The van der Waals surface area contributed by atoms with E-state index in [1.54, 1.807) is 6.26 Å². The van der Waals surface area contributed by atoms with Gasteiger partial charge in [-0.1, -0.05) is 81.1 Å². The zero-order valence-corrected chi connectivity index (χ0v) is 19.2. The van der Waals surface area contributed by atoms with Crippen LogP contribution < -0.4 is 5.32 Å². The van der Waals surface area contributed by atoms with Gasteiger partial charge in [-0.2, -0.15) is 0 Å². The summed E-state index contributed by atoms with van der Waals surface area (Å²) in [7, 11) is 0. The van der Waals surface area contributed by atoms with Crippen molar-refractivity contribution < 1.29 is 9.21 Å². The van der Waals surface area contributed by atoms with Crippen LogP contribution in [0, 0.1) is 0 Å². The molecule has 0 aliphatic heterocycles. The highest BCUT2D eigenvalue weighted by molar-refractivity contribution is 7.99. The number of carbonyl (C=O) groups excluding carboxylic acids is 1. The lowest BCUT2D eigenvalue weighted by Gasteiger charge is -2.22. The number of nitrogens with zero attached hydrogens (tertiary/aromatic N) is 3. The van der Waals surface area contributed by atoms with Crippen LogP contribution in [-0.2, 0) is 16.8 Å². The highest BCUT2D eigenvalue weighted by Gasteiger charge is 2.20. The van der Waals surface area contributed by atoms with Crippen molar-refractivity contribution in [2.75, 3.05) is 11.1 Å². The fourth-order valence-electron chi connectivity index (χ4n) is 3.46. The van der Waals surface area contributed by atoms with Crippen molar-refractivity contribution in [2.45, 2.75) is 37.9 Å². The molecule has 2 aromatic heterocycles. The molecule has 2 heterocycles. The summed E-state index contributed by atoms with van der Waals surface area (Å²) in [6.07, 6.45) is 1.65. The minimum absolute atomic E-state index is 0.0647. The average molecular weight is 447 g/mol. The Morgan fingerprint density at radius 3 is 2.47 bits per heavy atom. The Morgan fingerprint density at radius 1 is 1.00 bits per heavy atom. The van der Waals surface area contributed by atoms with Crippen LogP contribution >= 0.6 is 11.8 Å². The second-order valence-electron chi connectivity index (χ2n) is 8.47. The van der Waals surface area contributed by atoms with Gasteiger partial charge in [0.25, 0.3) is 0 Å². The van der Waals surface area contributed by atoms with Gasteiger partial charge in [-0.15, -0.1) is 10.2 Å². The number of amides is 1. The highest BCUT2D eigenvalue weighted by atomic mass is 32.2. The van der Waals surface area contributed by atoms with Crippen LogP contribution in [0.5, 0.6) is 0 Å². The smallest absolute Gasteiger partial charge is 0.234 e. The molecule has 0 unspecified atom stereocenters. The Bertz CT molecular complexity index is 1180. The fourth-order valence-corrected chi connectivity index (χ4v) is 4.20. The fraction of sp³-hybridized carbons (Fsp3) is 0.240. The van der Waals surface area contributed by atoms with Crippen LogP contribution in [-0.4, -0.2) is 26.4 Å². The second-order valence-corrected chi connectivity index (χ2v) is 9.41. The molecule has 1 N–H and O–H groups in total. The first-order chi connectivity index (χ1) is 15.4. The molecule has 0 aliphatic rings. The third-order valence-corrected chi connectivity index (χ3v) is 5.95. The van der Waals surface area contributed by atoms with Crippen molar-refractivity contribution in [1.29, 1.82) is 0 Å². The molecule has 164 valence electrons. The van der Waals surface area contributed by atoms with Crippen LogP contribution in [0.3, 0.4) is 0 Å². The van der Waals surface area contributed by atoms with E-state index in [0.717, 1.165) is 28.4 Å². The Hall–Kier alpha value is -3.32. The molecule has 0 saturated heterocycles. The van der Waals surface area contributed by atoms with E-state index < -0.39 is 0 Å². The van der Waals surface area contributed by atoms with Gasteiger partial charge in [0, 0.05) is 11.3 Å². The Labute approximate surface area is 192 Å². The minimum Gasteiger partial charge on any atom is -0.467 e. The largest absolute Gasteiger partial charge is 0.467 e. The van der Waals surface area contributed by atoms with E-state index in [4.69, 9.17) is 4.42 Å². The molecule has 0 fully saturated rings. The van der Waals surface area contributed by atoms with Gasteiger partial charge in [0.05, 0.1) is 18.6 Å². The molecule has 0 bridgehead atoms. The van der Waals surface area contributed by atoms with Gasteiger partial charge in [-0.3, -0.25) is 9.36 Å². The van der Waals surface area contributed by atoms with E-state index in [1.807, 2.05) is 65.2 Å². The standard InChI is InChI=1S/C25H26N4O2S/c1-25(2,3)20-13-7-8-14-21(20)26-22(30)17-32-24-28-27-23(18-10-5-4-6-11-18)29(24)16-19-12-9-15-31-19/h4-15H,16-17H2,1-3H3,(H,26,30). The number of hydrogen-bond donors (Lipinski definition) is 1. The molecule has 0 aliphatic carbocycles. The van der Waals surface area contributed by atoms with Crippen molar-refractivity contribution in [3.8, 4) is 11.4 Å². The lowest BCUT2D eigenvalue weighted by atomic mass is 9.86. The molecule has 0 spiro atoms. The first-order valence-corrected chi connectivity index (χ1v) is 11.4. The van der Waals surface area contributed by atoms with Gasteiger partial charge in [0.15, 0.2) is 11.0 Å². The lowest BCUT2D eigenvalue weighted by molar-refractivity contribution is -0.113. The number of benzene rings is 2. The molecule has 6 nitrogen and oxygen atoms in total. The summed E-state index contributed by atoms with van der Waals surface area (Å²) in [5, 5.41) is 12.5. The van der Waals surface area contributed by atoms with Crippen LogP contribution in [0.2, 0.25) is 0 Å². The average Bonchev–Trinajstić information content (AvgIpc) is 3.43. The summed E-state index contributed by atoms with van der Waals surface area (Å²) >= 11 is 1.36. The SMILES string of the molecule is CC(C)(C)c1ccccc1NC(=O)CSc1nnc(-c2ccccc2)n1Cc1ccco1. The third kappa shape index (κ3) is 5.11. The van der Waals surface area contributed by atoms with Crippen molar-refractivity contribution in [3.63, 3.8) is 0 Å². The number of nitrogens with one attached hydrogen (secondary N) is 1. The van der Waals surface area contributed by atoms with E-state index in [2.05, 4.69) is 42.4 Å². The Balaban J connectivity index is 1.52. The third-order valence-electron chi connectivity index (χ3n) is 4.98. The van der Waals surface area contributed by atoms with E-state index in [-0.39, 0.29) is 17.1 Å². The van der Waals surface area contributed by atoms with Crippen LogP contribution in [0.15, 0.2) is 82.6 Å². The van der Waals surface area contributed by atoms with Gasteiger partial charge >= 0.3 is 0 Å². The second kappa shape index (κ2) is 9.44. The predicted molar refractivity (Wildman–Crippen MR) is 128 cm³/mol. The number of aromatic nitrogens is 3. The Morgan fingerprint density at radius 2 is 1.75 bits per heavy atom. The van der Waals surface area contributed by atoms with Crippen LogP contribution in [0.25, 0.3) is 11.4 Å². The van der Waals surface area contributed by atoms with Crippen LogP contribution in [0.4, 0.5) is 5.69 Å². The van der Waals surface area contributed by atoms with Crippen molar-refractivity contribution in [3.05, 3.63) is 84.3 Å². The molecular formula is C25H26N4O2S. The van der Waals surface area contributed by atoms with Gasteiger partial charge < -0.3 is 9.73 Å². The maximum Gasteiger partial charge on any atom is 0.234 e. The first-order valence-electron chi connectivity index (χ1n) is 10.4. The molecule has 1 amide bonds. The number of carbonyl (C=O) groups is 1. The minimum atomic E-state index is -0.0829. The first kappa shape index (κ1) is 21.9. The molecule has 4 aromatic rings. The van der Waals surface area contributed by atoms with E-state index in [1.165, 1.54) is 11.8 Å². The number of thioether (sulfide) groups is 1. The molecule has 4 rings (SSSR count). The topological polar surface area (TPSA) is 73.0 Å². The number of hydrogen-bond acceptors (Lipinski definition) is 5. The lowest BCUT2D eigenvalue weighted by Crippen LogP contribution is -2.20. The summed E-state index contributed by atoms with van der Waals surface area (Å²) in [6, 6.07) is 21.6. The van der Waals surface area contributed by atoms with Gasteiger partial charge in [0.1, 0.15) is 5.76 Å². The van der Waals surface area contributed by atoms with E-state index >= 15 is 0 Å². The molecule has 32 heavy (non-hydrogen) atoms. The highest BCUT2D eigenvalue weighted by Crippen LogP contribution is 2.30. The maximum atomic E-state index is 12.8. The summed E-state index contributed by atoms with van der Waals surface area (Å²) in [5.41, 5.74) is 2.84. The molecule has 2 aromatic carbocycles. The van der Waals surface area contributed by atoms with Gasteiger partial charge in [0.2, 0.25) is 5.91 Å². The maximum absolute atomic E-state index is 12.8. The summed E-state index contributed by atoms with van der Waals surface area (Å²) in [5.74, 6) is 1.68. The Kier molecular flexibility index (Phi) is 6.46. The van der Waals surface area contributed by atoms with Gasteiger partial charge in [-0.05, 0) is 29.2 Å². The molecule has 0 saturated carbocycles. The molecule has 7 heteroatoms. The van der Waals surface area contributed by atoms with Gasteiger partial charge in [-0.25, -0.2) is 0 Å². The zero-order valence-electron chi connectivity index (χ0n) is 18.4. The number of furan rings is 1. The van der Waals surface area contributed by atoms with Crippen molar-refractivity contribution in [1.82, 2.24) is 14.8 Å². The van der Waals surface area contributed by atoms with Crippen LogP contribution in [0.1, 0.15) is 32.1 Å².